The minimum atomic E-state index is -0.156. The molecule has 1 aliphatic rings. The summed E-state index contributed by atoms with van der Waals surface area (Å²) in [6.07, 6.45) is 0. The summed E-state index contributed by atoms with van der Waals surface area (Å²) in [4.78, 5) is 22.1. The van der Waals surface area contributed by atoms with Crippen LogP contribution in [-0.4, -0.2) is 50.6 Å². The molecule has 1 atom stereocenters. The molecule has 0 aromatic rings. The zero-order valence-electron chi connectivity index (χ0n) is 8.93. The smallest absolute Gasteiger partial charge is 0.238 e. The molecule has 6 nitrogen and oxygen atoms in total. The van der Waals surface area contributed by atoms with Crippen LogP contribution in [0.2, 0.25) is 0 Å². The Morgan fingerprint density at radius 3 is 2.60 bits per heavy atom. The Kier molecular flexibility index (Phi) is 5.06. The molecule has 86 valence electrons. The number of nitrogens with one attached hydrogen (secondary N) is 4. The van der Waals surface area contributed by atoms with Crippen LogP contribution in [0.15, 0.2) is 0 Å². The minimum Gasteiger partial charge on any atom is -0.355 e. The molecule has 1 saturated heterocycles. The average Bonchev–Trinajstić information content (AvgIpc) is 2.25. The first-order valence-corrected chi connectivity index (χ1v) is 5.16. The number of rotatable bonds is 4. The van der Waals surface area contributed by atoms with Crippen molar-refractivity contribution in [3.8, 4) is 0 Å². The lowest BCUT2D eigenvalue weighted by atomic mass is 10.2. The fourth-order valence-corrected chi connectivity index (χ4v) is 1.39. The van der Waals surface area contributed by atoms with Crippen molar-refractivity contribution >= 4 is 11.8 Å². The van der Waals surface area contributed by atoms with E-state index in [1.807, 2.05) is 0 Å². The maximum atomic E-state index is 11.5. The summed E-state index contributed by atoms with van der Waals surface area (Å²) < 4.78 is 0. The Morgan fingerprint density at radius 1 is 1.27 bits per heavy atom. The van der Waals surface area contributed by atoms with E-state index in [0.29, 0.717) is 19.6 Å². The van der Waals surface area contributed by atoms with E-state index in [9.17, 15) is 9.59 Å². The highest BCUT2D eigenvalue weighted by Gasteiger charge is 2.19. The fraction of sp³-hybridized carbons (Fsp3) is 0.778. The van der Waals surface area contributed by atoms with Gasteiger partial charge in [-0.1, -0.05) is 0 Å². The van der Waals surface area contributed by atoms with E-state index in [1.54, 1.807) is 0 Å². The lowest BCUT2D eigenvalue weighted by Gasteiger charge is -2.23. The molecule has 0 radical (unpaired) electrons. The molecule has 1 fully saturated rings. The molecule has 0 aromatic carbocycles. The van der Waals surface area contributed by atoms with Gasteiger partial charge < -0.3 is 21.3 Å². The normalized spacial score (nSPS) is 20.7. The Balaban J connectivity index is 2.09. The van der Waals surface area contributed by atoms with E-state index in [-0.39, 0.29) is 17.9 Å². The van der Waals surface area contributed by atoms with E-state index < -0.39 is 0 Å². The number of carbonyl (C=O) groups is 2. The fourth-order valence-electron chi connectivity index (χ4n) is 1.39. The standard InChI is InChI=1S/C9H18N4O2/c1-7(14)11-4-5-13-9(15)8-6-10-2-3-12-8/h8,10,12H,2-6H2,1H3,(H,11,14)(H,13,15). The van der Waals surface area contributed by atoms with Crippen LogP contribution in [0.25, 0.3) is 0 Å². The van der Waals surface area contributed by atoms with Gasteiger partial charge in [-0.05, 0) is 0 Å². The van der Waals surface area contributed by atoms with E-state index in [0.717, 1.165) is 13.1 Å². The number of hydrogen-bond donors (Lipinski definition) is 4. The summed E-state index contributed by atoms with van der Waals surface area (Å²) >= 11 is 0. The molecular formula is C9H18N4O2. The van der Waals surface area contributed by atoms with Crippen LogP contribution in [0, 0.1) is 0 Å². The highest BCUT2D eigenvalue weighted by atomic mass is 16.2. The predicted molar refractivity (Wildman–Crippen MR) is 56.4 cm³/mol. The van der Waals surface area contributed by atoms with Crippen molar-refractivity contribution < 1.29 is 9.59 Å². The number of hydrogen-bond acceptors (Lipinski definition) is 4. The van der Waals surface area contributed by atoms with Gasteiger partial charge in [0.15, 0.2) is 0 Å². The van der Waals surface area contributed by atoms with Gasteiger partial charge >= 0.3 is 0 Å². The van der Waals surface area contributed by atoms with Crippen LogP contribution < -0.4 is 21.3 Å². The first-order chi connectivity index (χ1) is 7.20. The zero-order chi connectivity index (χ0) is 11.1. The van der Waals surface area contributed by atoms with Gasteiger partial charge in [0.05, 0.1) is 6.04 Å². The van der Waals surface area contributed by atoms with Crippen molar-refractivity contribution in [1.82, 2.24) is 21.3 Å². The summed E-state index contributed by atoms with van der Waals surface area (Å²) in [5, 5.41) is 11.6. The third-order valence-electron chi connectivity index (χ3n) is 2.16. The van der Waals surface area contributed by atoms with Gasteiger partial charge in [0.2, 0.25) is 11.8 Å². The van der Waals surface area contributed by atoms with Gasteiger partial charge in [-0.2, -0.15) is 0 Å². The lowest BCUT2D eigenvalue weighted by molar-refractivity contribution is -0.123. The number of carbonyl (C=O) groups excluding carboxylic acids is 2. The predicted octanol–water partition coefficient (Wildman–Crippen LogP) is -2.20. The maximum absolute atomic E-state index is 11.5. The van der Waals surface area contributed by atoms with Crippen molar-refractivity contribution in [2.75, 3.05) is 32.7 Å². The van der Waals surface area contributed by atoms with Crippen molar-refractivity contribution in [3.63, 3.8) is 0 Å². The molecule has 0 aliphatic carbocycles. The molecule has 1 unspecified atom stereocenters. The topological polar surface area (TPSA) is 82.3 Å². The largest absolute Gasteiger partial charge is 0.355 e. The zero-order valence-corrected chi connectivity index (χ0v) is 8.93. The third kappa shape index (κ3) is 4.75. The Hall–Kier alpha value is -1.14. The van der Waals surface area contributed by atoms with Crippen LogP contribution in [0.5, 0.6) is 0 Å². The van der Waals surface area contributed by atoms with Crippen molar-refractivity contribution in [2.24, 2.45) is 0 Å². The number of amides is 2. The van der Waals surface area contributed by atoms with Gasteiger partial charge in [0.25, 0.3) is 0 Å². The molecule has 1 aliphatic heterocycles. The Morgan fingerprint density at radius 2 is 2.00 bits per heavy atom. The molecular weight excluding hydrogens is 196 g/mol. The first kappa shape index (κ1) is 11.9. The summed E-state index contributed by atoms with van der Waals surface area (Å²) in [7, 11) is 0. The Bertz CT molecular complexity index is 226. The van der Waals surface area contributed by atoms with E-state index in [1.165, 1.54) is 6.92 Å². The van der Waals surface area contributed by atoms with E-state index in [4.69, 9.17) is 0 Å². The van der Waals surface area contributed by atoms with Gasteiger partial charge in [-0.15, -0.1) is 0 Å². The quantitative estimate of drug-likeness (QED) is 0.400. The lowest BCUT2D eigenvalue weighted by Crippen LogP contribution is -2.56. The van der Waals surface area contributed by atoms with Crippen LogP contribution in [0.3, 0.4) is 0 Å². The molecule has 15 heavy (non-hydrogen) atoms. The van der Waals surface area contributed by atoms with E-state index >= 15 is 0 Å². The van der Waals surface area contributed by atoms with Gasteiger partial charge in [0.1, 0.15) is 0 Å². The minimum absolute atomic E-state index is 0.0208. The molecule has 6 heteroatoms. The summed E-state index contributed by atoms with van der Waals surface area (Å²) in [6, 6.07) is -0.156. The molecule has 0 spiro atoms. The van der Waals surface area contributed by atoms with Crippen molar-refractivity contribution in [3.05, 3.63) is 0 Å². The molecule has 4 N–H and O–H groups in total. The monoisotopic (exact) mass is 214 g/mol. The van der Waals surface area contributed by atoms with Crippen molar-refractivity contribution in [1.29, 1.82) is 0 Å². The summed E-state index contributed by atoms with van der Waals surface area (Å²) in [5.74, 6) is -0.103. The second-order valence-electron chi connectivity index (χ2n) is 3.48. The third-order valence-corrected chi connectivity index (χ3v) is 2.16. The SMILES string of the molecule is CC(=O)NCCNC(=O)C1CNCCN1. The molecule has 0 aromatic heterocycles. The van der Waals surface area contributed by atoms with Crippen LogP contribution >= 0.6 is 0 Å². The molecule has 0 bridgehead atoms. The molecule has 0 saturated carbocycles. The second kappa shape index (κ2) is 6.36. The van der Waals surface area contributed by atoms with E-state index in [2.05, 4.69) is 21.3 Å². The van der Waals surface area contributed by atoms with Crippen molar-refractivity contribution in [2.45, 2.75) is 13.0 Å². The second-order valence-corrected chi connectivity index (χ2v) is 3.48. The summed E-state index contributed by atoms with van der Waals surface area (Å²) in [6.45, 7) is 4.76. The first-order valence-electron chi connectivity index (χ1n) is 5.16. The molecule has 1 rings (SSSR count). The highest BCUT2D eigenvalue weighted by molar-refractivity contribution is 5.82. The molecule has 1 heterocycles. The van der Waals surface area contributed by atoms with Crippen LogP contribution in [0.4, 0.5) is 0 Å². The summed E-state index contributed by atoms with van der Waals surface area (Å²) in [5.41, 5.74) is 0. The number of piperazine rings is 1. The van der Waals surface area contributed by atoms with Crippen LogP contribution in [-0.2, 0) is 9.59 Å². The Labute approximate surface area is 89.2 Å². The molecule has 2 amide bonds. The van der Waals surface area contributed by atoms with Gasteiger partial charge in [-0.3, -0.25) is 9.59 Å². The maximum Gasteiger partial charge on any atom is 0.238 e. The van der Waals surface area contributed by atoms with Crippen LogP contribution in [0.1, 0.15) is 6.92 Å². The van der Waals surface area contributed by atoms with Gasteiger partial charge in [0, 0.05) is 39.6 Å². The van der Waals surface area contributed by atoms with Gasteiger partial charge in [-0.25, -0.2) is 0 Å². The average molecular weight is 214 g/mol. The highest BCUT2D eigenvalue weighted by Crippen LogP contribution is 1.86.